The third kappa shape index (κ3) is 3.98. The Morgan fingerprint density at radius 2 is 1.95 bits per heavy atom. The molecule has 1 atom stereocenters. The molecule has 4 heteroatoms. The van der Waals surface area contributed by atoms with Crippen molar-refractivity contribution < 1.29 is 4.79 Å². The highest BCUT2D eigenvalue weighted by atomic mass is 16.1. The topological polar surface area (TPSA) is 44.4 Å². The maximum absolute atomic E-state index is 12.3. The highest BCUT2D eigenvalue weighted by molar-refractivity contribution is 5.77. The molecule has 4 nitrogen and oxygen atoms in total. The number of rotatable bonds is 6. The number of carbonyl (C=O) groups excluding carboxylic acids is 1. The van der Waals surface area contributed by atoms with Crippen LogP contribution in [0, 0.1) is 5.92 Å². The number of nitrogens with zero attached hydrogens (tertiary/aromatic N) is 1. The van der Waals surface area contributed by atoms with Crippen LogP contribution >= 0.6 is 0 Å². The summed E-state index contributed by atoms with van der Waals surface area (Å²) in [6.45, 7) is 3.32. The molecule has 3 fully saturated rings. The summed E-state index contributed by atoms with van der Waals surface area (Å²) in [6, 6.07) is 0.875. The maximum atomic E-state index is 12.3. The van der Waals surface area contributed by atoms with Crippen LogP contribution in [0.4, 0.5) is 0 Å². The molecule has 0 radical (unpaired) electrons. The van der Waals surface area contributed by atoms with Crippen molar-refractivity contribution in [2.45, 2.75) is 69.4 Å². The van der Waals surface area contributed by atoms with Crippen molar-refractivity contribution in [3.8, 4) is 0 Å². The summed E-state index contributed by atoms with van der Waals surface area (Å²) in [7, 11) is 2.02. The van der Waals surface area contributed by atoms with Gasteiger partial charge in [0, 0.05) is 31.1 Å². The first kappa shape index (κ1) is 15.3. The van der Waals surface area contributed by atoms with Gasteiger partial charge in [-0.15, -0.1) is 0 Å². The lowest BCUT2D eigenvalue weighted by Crippen LogP contribution is -2.48. The second-order valence-corrected chi connectivity index (χ2v) is 7.45. The monoisotopic (exact) mass is 293 g/mol. The summed E-state index contributed by atoms with van der Waals surface area (Å²) >= 11 is 0. The molecular weight excluding hydrogens is 262 g/mol. The largest absolute Gasteiger partial charge is 0.356 e. The third-order valence-electron chi connectivity index (χ3n) is 5.81. The summed E-state index contributed by atoms with van der Waals surface area (Å²) in [5.41, 5.74) is 0.0675. The van der Waals surface area contributed by atoms with Crippen LogP contribution in [0.25, 0.3) is 0 Å². The van der Waals surface area contributed by atoms with Gasteiger partial charge in [0.05, 0.1) is 0 Å². The molecular formula is C17H31N3O. The smallest absolute Gasteiger partial charge is 0.221 e. The van der Waals surface area contributed by atoms with E-state index in [1.54, 1.807) is 0 Å². The third-order valence-corrected chi connectivity index (χ3v) is 5.81. The van der Waals surface area contributed by atoms with Gasteiger partial charge in [0.15, 0.2) is 0 Å². The fourth-order valence-corrected chi connectivity index (χ4v) is 4.17. The summed E-state index contributed by atoms with van der Waals surface area (Å²) in [5.74, 6) is 0.919. The van der Waals surface area contributed by atoms with Gasteiger partial charge < -0.3 is 15.5 Å². The van der Waals surface area contributed by atoms with Gasteiger partial charge in [0.25, 0.3) is 0 Å². The SMILES string of the molecule is CNC1(CC(=O)NCC2CCN(C3CC3)C2)CCCCC1. The van der Waals surface area contributed by atoms with Crippen molar-refractivity contribution in [3.05, 3.63) is 0 Å². The van der Waals surface area contributed by atoms with E-state index in [0.717, 1.165) is 25.4 Å². The predicted molar refractivity (Wildman–Crippen MR) is 85.2 cm³/mol. The second-order valence-electron chi connectivity index (χ2n) is 7.45. The molecule has 3 rings (SSSR count). The Morgan fingerprint density at radius 3 is 2.62 bits per heavy atom. The van der Waals surface area contributed by atoms with Crippen molar-refractivity contribution in [1.29, 1.82) is 0 Å². The van der Waals surface area contributed by atoms with E-state index in [2.05, 4.69) is 15.5 Å². The average Bonchev–Trinajstić information content (AvgIpc) is 3.25. The number of likely N-dealkylation sites (tertiary alicyclic amines) is 1. The zero-order valence-electron chi connectivity index (χ0n) is 13.5. The first-order valence-electron chi connectivity index (χ1n) is 8.90. The molecule has 2 N–H and O–H groups in total. The first-order valence-corrected chi connectivity index (χ1v) is 8.90. The van der Waals surface area contributed by atoms with E-state index < -0.39 is 0 Å². The minimum Gasteiger partial charge on any atom is -0.356 e. The number of hydrogen-bond acceptors (Lipinski definition) is 3. The van der Waals surface area contributed by atoms with Crippen molar-refractivity contribution in [2.75, 3.05) is 26.7 Å². The number of carbonyl (C=O) groups is 1. The van der Waals surface area contributed by atoms with Crippen molar-refractivity contribution in [3.63, 3.8) is 0 Å². The molecule has 2 aliphatic carbocycles. The van der Waals surface area contributed by atoms with E-state index >= 15 is 0 Å². The quantitative estimate of drug-likeness (QED) is 0.786. The lowest BCUT2D eigenvalue weighted by molar-refractivity contribution is -0.123. The molecule has 0 aromatic rings. The van der Waals surface area contributed by atoms with Crippen LogP contribution in [-0.2, 0) is 4.79 Å². The normalized spacial score (nSPS) is 29.5. The second kappa shape index (κ2) is 6.66. The van der Waals surface area contributed by atoms with Gasteiger partial charge in [-0.05, 0) is 51.6 Å². The minimum absolute atomic E-state index is 0.0675. The average molecular weight is 293 g/mol. The van der Waals surface area contributed by atoms with Crippen LogP contribution in [-0.4, -0.2) is 49.1 Å². The highest BCUT2D eigenvalue weighted by Crippen LogP contribution is 2.32. The molecule has 1 amide bonds. The van der Waals surface area contributed by atoms with Crippen LogP contribution in [0.5, 0.6) is 0 Å². The summed E-state index contributed by atoms with van der Waals surface area (Å²) in [6.07, 6.45) is 10.8. The van der Waals surface area contributed by atoms with Crippen LogP contribution in [0.15, 0.2) is 0 Å². The van der Waals surface area contributed by atoms with E-state index in [4.69, 9.17) is 0 Å². The summed E-state index contributed by atoms with van der Waals surface area (Å²) in [4.78, 5) is 14.9. The fraction of sp³-hybridized carbons (Fsp3) is 0.941. The molecule has 3 aliphatic rings. The van der Waals surface area contributed by atoms with Crippen LogP contribution in [0.3, 0.4) is 0 Å². The molecule has 21 heavy (non-hydrogen) atoms. The lowest BCUT2D eigenvalue weighted by Gasteiger charge is -2.36. The predicted octanol–water partition coefficient (Wildman–Crippen LogP) is 1.90. The highest BCUT2D eigenvalue weighted by Gasteiger charge is 2.35. The van der Waals surface area contributed by atoms with Crippen molar-refractivity contribution in [1.82, 2.24) is 15.5 Å². The molecule has 1 aliphatic heterocycles. The summed E-state index contributed by atoms with van der Waals surface area (Å²) < 4.78 is 0. The molecule has 1 heterocycles. The van der Waals surface area contributed by atoms with Crippen LogP contribution in [0.2, 0.25) is 0 Å². The Morgan fingerprint density at radius 1 is 1.19 bits per heavy atom. The Labute approximate surface area is 129 Å². The fourth-order valence-electron chi connectivity index (χ4n) is 4.17. The van der Waals surface area contributed by atoms with E-state index in [9.17, 15) is 4.79 Å². The van der Waals surface area contributed by atoms with E-state index in [1.165, 1.54) is 51.6 Å². The van der Waals surface area contributed by atoms with Gasteiger partial charge >= 0.3 is 0 Å². The molecule has 120 valence electrons. The molecule has 0 bridgehead atoms. The molecule has 0 aromatic heterocycles. The molecule has 0 spiro atoms. The van der Waals surface area contributed by atoms with Gasteiger partial charge in [-0.1, -0.05) is 19.3 Å². The van der Waals surface area contributed by atoms with Crippen LogP contribution < -0.4 is 10.6 Å². The molecule has 2 saturated carbocycles. The molecule has 0 aromatic carbocycles. The molecule has 1 saturated heterocycles. The standard InChI is InChI=1S/C17H31N3O/c1-18-17(8-3-2-4-9-17)11-16(21)19-12-14-7-10-20(13-14)15-5-6-15/h14-15,18H,2-13H2,1H3,(H,19,21). The number of nitrogens with one attached hydrogen (secondary N) is 2. The van der Waals surface area contributed by atoms with E-state index in [0.29, 0.717) is 12.3 Å². The Bertz CT molecular complexity index is 361. The van der Waals surface area contributed by atoms with Crippen LogP contribution in [0.1, 0.15) is 57.8 Å². The Hall–Kier alpha value is -0.610. The van der Waals surface area contributed by atoms with E-state index in [1.807, 2.05) is 7.05 Å². The molecule has 1 unspecified atom stereocenters. The Balaban J connectivity index is 1.39. The maximum Gasteiger partial charge on any atom is 0.221 e. The van der Waals surface area contributed by atoms with Crippen molar-refractivity contribution in [2.24, 2.45) is 5.92 Å². The lowest BCUT2D eigenvalue weighted by atomic mass is 9.79. The minimum atomic E-state index is 0.0675. The van der Waals surface area contributed by atoms with Gasteiger partial charge in [-0.3, -0.25) is 4.79 Å². The first-order chi connectivity index (χ1) is 10.2. The van der Waals surface area contributed by atoms with Gasteiger partial charge in [0.1, 0.15) is 0 Å². The zero-order chi connectivity index (χ0) is 14.7. The number of hydrogen-bond donors (Lipinski definition) is 2. The summed E-state index contributed by atoms with van der Waals surface area (Å²) in [5, 5.41) is 6.64. The number of amides is 1. The zero-order valence-corrected chi connectivity index (χ0v) is 13.5. The Kier molecular flexibility index (Phi) is 4.85. The van der Waals surface area contributed by atoms with Gasteiger partial charge in [0.2, 0.25) is 5.91 Å². The van der Waals surface area contributed by atoms with Crippen molar-refractivity contribution >= 4 is 5.91 Å². The van der Waals surface area contributed by atoms with Gasteiger partial charge in [-0.2, -0.15) is 0 Å². The van der Waals surface area contributed by atoms with E-state index in [-0.39, 0.29) is 11.4 Å². The van der Waals surface area contributed by atoms with Gasteiger partial charge in [-0.25, -0.2) is 0 Å².